The van der Waals surface area contributed by atoms with Gasteiger partial charge in [0.05, 0.1) is 23.8 Å². The predicted molar refractivity (Wildman–Crippen MR) is 42.5 cm³/mol. The Labute approximate surface area is 68.7 Å². The number of halogens is 1. The highest BCUT2D eigenvalue weighted by molar-refractivity contribution is 6.16. The van der Waals surface area contributed by atoms with E-state index in [-0.39, 0.29) is 0 Å². The average molecular weight is 168 g/mol. The molecule has 0 unspecified atom stereocenters. The number of hydrogen-bond donors (Lipinski definition) is 0. The van der Waals surface area contributed by atoms with Gasteiger partial charge in [-0.25, -0.2) is 4.98 Å². The Bertz CT molecular complexity index is 368. The van der Waals surface area contributed by atoms with Gasteiger partial charge in [0.1, 0.15) is 5.82 Å². The second kappa shape index (κ2) is 2.51. The molecule has 0 radical (unpaired) electrons. The third-order valence-corrected chi connectivity index (χ3v) is 1.77. The maximum Gasteiger partial charge on any atom is 0.128 e. The Morgan fingerprint density at radius 2 is 2.36 bits per heavy atom. The number of aromatic nitrogens is 3. The van der Waals surface area contributed by atoms with Crippen molar-refractivity contribution in [2.24, 2.45) is 0 Å². The summed E-state index contributed by atoms with van der Waals surface area (Å²) in [5, 5.41) is 0. The summed E-state index contributed by atoms with van der Waals surface area (Å²) in [5.74, 6) is 1.28. The maximum atomic E-state index is 5.64. The van der Waals surface area contributed by atoms with Crippen molar-refractivity contribution in [3.05, 3.63) is 30.6 Å². The maximum absolute atomic E-state index is 5.64. The quantitative estimate of drug-likeness (QED) is 0.602. The van der Waals surface area contributed by atoms with Gasteiger partial charge in [0.15, 0.2) is 0 Å². The summed E-state index contributed by atoms with van der Waals surface area (Å²) in [6, 6.07) is 0. The van der Waals surface area contributed by atoms with Gasteiger partial charge in [-0.15, -0.1) is 11.6 Å². The Morgan fingerprint density at radius 3 is 3.18 bits per heavy atom. The SMILES string of the molecule is ClCc1ncc2cnccn12. The molecule has 4 heteroatoms. The lowest BCUT2D eigenvalue weighted by Crippen LogP contribution is -1.90. The highest BCUT2D eigenvalue weighted by Crippen LogP contribution is 2.05. The fourth-order valence-electron chi connectivity index (χ4n) is 1.01. The van der Waals surface area contributed by atoms with Crippen molar-refractivity contribution in [2.45, 2.75) is 5.88 Å². The minimum Gasteiger partial charge on any atom is -0.300 e. The van der Waals surface area contributed by atoms with Crippen molar-refractivity contribution < 1.29 is 0 Å². The number of rotatable bonds is 1. The van der Waals surface area contributed by atoms with E-state index in [4.69, 9.17) is 11.6 Å². The van der Waals surface area contributed by atoms with Crippen LogP contribution in [0.5, 0.6) is 0 Å². The van der Waals surface area contributed by atoms with Crippen molar-refractivity contribution in [1.29, 1.82) is 0 Å². The third kappa shape index (κ3) is 0.973. The van der Waals surface area contributed by atoms with Gasteiger partial charge >= 0.3 is 0 Å². The summed E-state index contributed by atoms with van der Waals surface area (Å²) < 4.78 is 1.92. The molecule has 2 aromatic rings. The first kappa shape index (κ1) is 6.61. The lowest BCUT2D eigenvalue weighted by atomic mass is 10.6. The van der Waals surface area contributed by atoms with Gasteiger partial charge in [-0.1, -0.05) is 0 Å². The first-order valence-corrected chi connectivity index (χ1v) is 3.77. The predicted octanol–water partition coefficient (Wildman–Crippen LogP) is 1.47. The molecule has 0 fully saturated rings. The normalized spacial score (nSPS) is 10.6. The highest BCUT2D eigenvalue weighted by atomic mass is 35.5. The molecule has 3 nitrogen and oxygen atoms in total. The van der Waals surface area contributed by atoms with Crippen LogP contribution in [0, 0.1) is 0 Å². The second-order valence-corrected chi connectivity index (χ2v) is 2.45. The minimum absolute atomic E-state index is 0.429. The van der Waals surface area contributed by atoms with Gasteiger partial charge in [0, 0.05) is 12.4 Å². The summed E-state index contributed by atoms with van der Waals surface area (Å²) in [4.78, 5) is 8.06. The second-order valence-electron chi connectivity index (χ2n) is 2.18. The van der Waals surface area contributed by atoms with Crippen molar-refractivity contribution in [2.75, 3.05) is 0 Å². The molecule has 2 aromatic heterocycles. The van der Waals surface area contributed by atoms with Crippen LogP contribution in [-0.2, 0) is 5.88 Å². The Kier molecular flexibility index (Phi) is 1.51. The van der Waals surface area contributed by atoms with E-state index < -0.39 is 0 Å². The van der Waals surface area contributed by atoms with Crippen LogP contribution in [0.4, 0.5) is 0 Å². The molecule has 0 atom stereocenters. The molecule has 0 spiro atoms. The molecule has 2 heterocycles. The molecule has 0 aliphatic carbocycles. The Balaban J connectivity index is 2.76. The van der Waals surface area contributed by atoms with E-state index in [0.717, 1.165) is 11.3 Å². The molecule has 0 bridgehead atoms. The zero-order chi connectivity index (χ0) is 7.68. The summed E-state index contributed by atoms with van der Waals surface area (Å²) in [5.41, 5.74) is 0.975. The van der Waals surface area contributed by atoms with Gasteiger partial charge in [-0.2, -0.15) is 0 Å². The molecule has 0 aliphatic heterocycles. The largest absolute Gasteiger partial charge is 0.300 e. The number of nitrogens with zero attached hydrogens (tertiary/aromatic N) is 3. The molecule has 0 aliphatic rings. The fourth-order valence-corrected chi connectivity index (χ4v) is 1.20. The van der Waals surface area contributed by atoms with Crippen LogP contribution < -0.4 is 0 Å². The van der Waals surface area contributed by atoms with Gasteiger partial charge in [-0.3, -0.25) is 9.38 Å². The molecular weight excluding hydrogens is 162 g/mol. The standard InChI is InChI=1S/C7H6ClN3/c8-3-7-10-5-6-4-9-1-2-11(6)7/h1-2,4-5H,3H2. The van der Waals surface area contributed by atoms with Crippen LogP contribution >= 0.6 is 11.6 Å². The van der Waals surface area contributed by atoms with Crippen molar-refractivity contribution in [1.82, 2.24) is 14.4 Å². The zero-order valence-electron chi connectivity index (χ0n) is 5.74. The summed E-state index contributed by atoms with van der Waals surface area (Å²) in [7, 11) is 0. The van der Waals surface area contributed by atoms with Crippen molar-refractivity contribution in [3.63, 3.8) is 0 Å². The number of imidazole rings is 1. The fraction of sp³-hybridized carbons (Fsp3) is 0.143. The van der Waals surface area contributed by atoms with Crippen LogP contribution in [0.2, 0.25) is 0 Å². The van der Waals surface area contributed by atoms with E-state index in [2.05, 4.69) is 9.97 Å². The monoisotopic (exact) mass is 167 g/mol. The van der Waals surface area contributed by atoms with Gasteiger partial charge in [0.2, 0.25) is 0 Å². The Morgan fingerprint density at radius 1 is 1.45 bits per heavy atom. The van der Waals surface area contributed by atoms with Crippen LogP contribution in [0.3, 0.4) is 0 Å². The van der Waals surface area contributed by atoms with Crippen LogP contribution in [0.1, 0.15) is 5.82 Å². The van der Waals surface area contributed by atoms with Crippen LogP contribution in [0.25, 0.3) is 5.52 Å². The smallest absolute Gasteiger partial charge is 0.128 e. The Hall–Kier alpha value is -1.09. The topological polar surface area (TPSA) is 30.2 Å². The molecular formula is C7H6ClN3. The van der Waals surface area contributed by atoms with Gasteiger partial charge in [-0.05, 0) is 0 Å². The average Bonchev–Trinajstić information content (AvgIpc) is 2.47. The molecule has 0 aromatic carbocycles. The number of fused-ring (bicyclic) bond motifs is 1. The first-order valence-electron chi connectivity index (χ1n) is 3.24. The van der Waals surface area contributed by atoms with E-state index in [9.17, 15) is 0 Å². The molecule has 0 saturated heterocycles. The number of hydrogen-bond acceptors (Lipinski definition) is 2. The summed E-state index contributed by atoms with van der Waals surface area (Å²) in [6.45, 7) is 0. The van der Waals surface area contributed by atoms with Crippen molar-refractivity contribution >= 4 is 17.1 Å². The first-order chi connectivity index (χ1) is 5.42. The summed E-state index contributed by atoms with van der Waals surface area (Å²) in [6.07, 6.45) is 7.07. The van der Waals surface area contributed by atoms with E-state index in [0.29, 0.717) is 5.88 Å². The zero-order valence-corrected chi connectivity index (χ0v) is 6.49. The summed E-state index contributed by atoms with van der Waals surface area (Å²) >= 11 is 5.64. The molecule has 2 rings (SSSR count). The van der Waals surface area contributed by atoms with Crippen LogP contribution in [0.15, 0.2) is 24.8 Å². The molecule has 11 heavy (non-hydrogen) atoms. The van der Waals surface area contributed by atoms with E-state index in [1.807, 2.05) is 10.6 Å². The molecule has 56 valence electrons. The molecule has 0 amide bonds. The third-order valence-electron chi connectivity index (χ3n) is 1.53. The van der Waals surface area contributed by atoms with Crippen molar-refractivity contribution in [3.8, 4) is 0 Å². The lowest BCUT2D eigenvalue weighted by molar-refractivity contribution is 1.01. The lowest BCUT2D eigenvalue weighted by Gasteiger charge is -1.93. The van der Waals surface area contributed by atoms with E-state index in [1.165, 1.54) is 0 Å². The van der Waals surface area contributed by atoms with Gasteiger partial charge in [0.25, 0.3) is 0 Å². The molecule has 0 saturated carbocycles. The van der Waals surface area contributed by atoms with E-state index >= 15 is 0 Å². The number of alkyl halides is 1. The minimum atomic E-state index is 0.429. The van der Waals surface area contributed by atoms with E-state index in [1.54, 1.807) is 18.6 Å². The van der Waals surface area contributed by atoms with Crippen LogP contribution in [-0.4, -0.2) is 14.4 Å². The highest BCUT2D eigenvalue weighted by Gasteiger charge is 1.98. The molecule has 0 N–H and O–H groups in total. The van der Waals surface area contributed by atoms with Gasteiger partial charge < -0.3 is 0 Å².